The standard InChI is InChI=1S/C7H9N3.ClH/c8-4-6-2-1-3-7(5-9)10-6;/h6-7,10H,1-3H2;1H. The highest BCUT2D eigenvalue weighted by Gasteiger charge is 2.19. The number of hydrogen-bond acceptors (Lipinski definition) is 3. The van der Waals surface area contributed by atoms with E-state index in [1.165, 1.54) is 0 Å². The average Bonchev–Trinajstić information content (AvgIpc) is 2.05. The maximum Gasteiger partial charge on any atom is 0.0962 e. The summed E-state index contributed by atoms with van der Waals surface area (Å²) in [6, 6.07) is 4.01. The van der Waals surface area contributed by atoms with E-state index in [9.17, 15) is 0 Å². The number of nitriles is 2. The van der Waals surface area contributed by atoms with Gasteiger partial charge in [-0.3, -0.25) is 5.32 Å². The van der Waals surface area contributed by atoms with E-state index in [2.05, 4.69) is 17.5 Å². The monoisotopic (exact) mass is 171 g/mol. The summed E-state index contributed by atoms with van der Waals surface area (Å²) in [5.74, 6) is 0. The summed E-state index contributed by atoms with van der Waals surface area (Å²) in [6.07, 6.45) is 2.76. The lowest BCUT2D eigenvalue weighted by Crippen LogP contribution is -2.40. The van der Waals surface area contributed by atoms with Crippen molar-refractivity contribution in [3.8, 4) is 12.1 Å². The molecule has 2 unspecified atom stereocenters. The summed E-state index contributed by atoms with van der Waals surface area (Å²) < 4.78 is 0. The number of hydrogen-bond donors (Lipinski definition) is 1. The van der Waals surface area contributed by atoms with E-state index in [1.807, 2.05) is 0 Å². The van der Waals surface area contributed by atoms with Gasteiger partial charge in [-0.05, 0) is 19.3 Å². The minimum atomic E-state index is -0.0987. The summed E-state index contributed by atoms with van der Waals surface area (Å²) in [5.41, 5.74) is 0. The molecular weight excluding hydrogens is 162 g/mol. The zero-order valence-electron chi connectivity index (χ0n) is 6.08. The Morgan fingerprint density at radius 3 is 1.91 bits per heavy atom. The van der Waals surface area contributed by atoms with Crippen LogP contribution in [-0.4, -0.2) is 12.1 Å². The Labute approximate surface area is 72.4 Å². The van der Waals surface area contributed by atoms with E-state index in [0.717, 1.165) is 19.3 Å². The fourth-order valence-corrected chi connectivity index (χ4v) is 1.14. The van der Waals surface area contributed by atoms with Crippen molar-refractivity contribution in [1.29, 1.82) is 10.5 Å². The fourth-order valence-electron chi connectivity index (χ4n) is 1.14. The van der Waals surface area contributed by atoms with Crippen LogP contribution in [-0.2, 0) is 0 Å². The van der Waals surface area contributed by atoms with Crippen LogP contribution in [0.5, 0.6) is 0 Å². The first kappa shape index (κ1) is 10.2. The SMILES string of the molecule is Cl.N#CC1CCCC(C#N)N1. The summed E-state index contributed by atoms with van der Waals surface area (Å²) in [7, 11) is 0. The van der Waals surface area contributed by atoms with E-state index in [0.29, 0.717) is 0 Å². The Kier molecular flexibility index (Phi) is 4.61. The Balaban J connectivity index is 0.000001000. The predicted octanol–water partition coefficient (Wildman–Crippen LogP) is 0.966. The van der Waals surface area contributed by atoms with Crippen molar-refractivity contribution < 1.29 is 0 Å². The van der Waals surface area contributed by atoms with Crippen molar-refractivity contribution in [2.24, 2.45) is 0 Å². The van der Waals surface area contributed by atoms with Gasteiger partial charge in [0.1, 0.15) is 0 Å². The van der Waals surface area contributed by atoms with Crippen molar-refractivity contribution in [3.63, 3.8) is 0 Å². The van der Waals surface area contributed by atoms with E-state index < -0.39 is 0 Å². The van der Waals surface area contributed by atoms with Crippen molar-refractivity contribution in [2.45, 2.75) is 31.3 Å². The molecule has 3 nitrogen and oxygen atoms in total. The van der Waals surface area contributed by atoms with Crippen LogP contribution in [0.15, 0.2) is 0 Å². The molecule has 0 radical (unpaired) electrons. The molecule has 1 N–H and O–H groups in total. The highest BCUT2D eigenvalue weighted by Crippen LogP contribution is 2.10. The minimum Gasteiger partial charge on any atom is -0.287 e. The number of rotatable bonds is 0. The fraction of sp³-hybridized carbons (Fsp3) is 0.714. The first-order valence-electron chi connectivity index (χ1n) is 3.42. The van der Waals surface area contributed by atoms with Crippen molar-refractivity contribution in [3.05, 3.63) is 0 Å². The predicted molar refractivity (Wildman–Crippen MR) is 43.0 cm³/mol. The number of nitrogens with one attached hydrogen (secondary N) is 1. The number of piperidine rings is 1. The molecule has 1 saturated heterocycles. The second-order valence-corrected chi connectivity index (χ2v) is 2.46. The molecule has 1 heterocycles. The van der Waals surface area contributed by atoms with Gasteiger partial charge in [0.2, 0.25) is 0 Å². The van der Waals surface area contributed by atoms with Gasteiger partial charge in [0.05, 0.1) is 24.2 Å². The van der Waals surface area contributed by atoms with Gasteiger partial charge in [0.15, 0.2) is 0 Å². The maximum absolute atomic E-state index is 8.48. The molecule has 2 atom stereocenters. The van der Waals surface area contributed by atoms with Gasteiger partial charge in [-0.15, -0.1) is 12.4 Å². The van der Waals surface area contributed by atoms with Crippen LogP contribution in [0.2, 0.25) is 0 Å². The Bertz CT molecular complexity index is 171. The second kappa shape index (κ2) is 4.96. The van der Waals surface area contributed by atoms with Gasteiger partial charge in [-0.2, -0.15) is 10.5 Å². The van der Waals surface area contributed by atoms with Crippen molar-refractivity contribution in [1.82, 2.24) is 5.32 Å². The average molecular weight is 172 g/mol. The van der Waals surface area contributed by atoms with Gasteiger partial charge in [-0.1, -0.05) is 0 Å². The molecule has 0 aliphatic carbocycles. The third-order valence-electron chi connectivity index (χ3n) is 1.70. The molecular formula is C7H10ClN3. The van der Waals surface area contributed by atoms with Crippen molar-refractivity contribution >= 4 is 12.4 Å². The molecule has 1 rings (SSSR count). The lowest BCUT2D eigenvalue weighted by molar-refractivity contribution is 0.410. The summed E-state index contributed by atoms with van der Waals surface area (Å²) in [4.78, 5) is 0. The third kappa shape index (κ3) is 2.76. The Morgan fingerprint density at radius 1 is 1.09 bits per heavy atom. The highest BCUT2D eigenvalue weighted by molar-refractivity contribution is 5.85. The zero-order valence-corrected chi connectivity index (χ0v) is 6.90. The molecule has 0 amide bonds. The summed E-state index contributed by atoms with van der Waals surface area (Å²) in [5, 5.41) is 19.9. The third-order valence-corrected chi connectivity index (χ3v) is 1.70. The molecule has 1 aliphatic rings. The van der Waals surface area contributed by atoms with Crippen LogP contribution in [0.3, 0.4) is 0 Å². The summed E-state index contributed by atoms with van der Waals surface area (Å²) in [6.45, 7) is 0. The smallest absolute Gasteiger partial charge is 0.0962 e. The van der Waals surface area contributed by atoms with Gasteiger partial charge in [-0.25, -0.2) is 0 Å². The first-order chi connectivity index (χ1) is 4.86. The van der Waals surface area contributed by atoms with Crippen molar-refractivity contribution in [2.75, 3.05) is 0 Å². The van der Waals surface area contributed by atoms with Crippen LogP contribution in [0.4, 0.5) is 0 Å². The number of halogens is 1. The van der Waals surface area contributed by atoms with Gasteiger partial charge < -0.3 is 0 Å². The number of nitrogens with zero attached hydrogens (tertiary/aromatic N) is 2. The molecule has 0 spiro atoms. The van der Waals surface area contributed by atoms with E-state index in [-0.39, 0.29) is 24.5 Å². The van der Waals surface area contributed by atoms with Gasteiger partial charge in [0.25, 0.3) is 0 Å². The molecule has 4 heteroatoms. The Hall–Kier alpha value is -0.770. The maximum atomic E-state index is 8.48. The topological polar surface area (TPSA) is 59.6 Å². The molecule has 1 fully saturated rings. The van der Waals surface area contributed by atoms with Crippen LogP contribution in [0.25, 0.3) is 0 Å². The van der Waals surface area contributed by atoms with Gasteiger partial charge in [0, 0.05) is 0 Å². The molecule has 1 aliphatic heterocycles. The molecule has 0 saturated carbocycles. The first-order valence-corrected chi connectivity index (χ1v) is 3.42. The van der Waals surface area contributed by atoms with Crippen LogP contribution in [0.1, 0.15) is 19.3 Å². The normalized spacial score (nSPS) is 29.3. The molecule has 0 aromatic carbocycles. The van der Waals surface area contributed by atoms with Crippen LogP contribution >= 0.6 is 12.4 Å². The van der Waals surface area contributed by atoms with E-state index >= 15 is 0 Å². The second-order valence-electron chi connectivity index (χ2n) is 2.46. The molecule has 0 aromatic rings. The quantitative estimate of drug-likeness (QED) is 0.591. The lowest BCUT2D eigenvalue weighted by Gasteiger charge is -2.21. The molecule has 60 valence electrons. The summed E-state index contributed by atoms with van der Waals surface area (Å²) >= 11 is 0. The molecule has 0 bridgehead atoms. The minimum absolute atomic E-state index is 0. The van der Waals surface area contributed by atoms with Crippen LogP contribution < -0.4 is 5.32 Å². The molecule has 11 heavy (non-hydrogen) atoms. The van der Waals surface area contributed by atoms with Crippen LogP contribution in [0, 0.1) is 22.7 Å². The zero-order chi connectivity index (χ0) is 7.40. The van der Waals surface area contributed by atoms with E-state index in [1.54, 1.807) is 0 Å². The molecule has 0 aromatic heterocycles. The largest absolute Gasteiger partial charge is 0.287 e. The highest BCUT2D eigenvalue weighted by atomic mass is 35.5. The van der Waals surface area contributed by atoms with Gasteiger partial charge >= 0.3 is 0 Å². The van der Waals surface area contributed by atoms with E-state index in [4.69, 9.17) is 10.5 Å². The lowest BCUT2D eigenvalue weighted by atomic mass is 10.0. The Morgan fingerprint density at radius 2 is 1.55 bits per heavy atom.